The molecule has 0 aromatic heterocycles. The third-order valence-electron chi connectivity index (χ3n) is 5.86. The first kappa shape index (κ1) is 13.7. The van der Waals surface area contributed by atoms with E-state index in [1.165, 1.54) is 11.1 Å². The van der Waals surface area contributed by atoms with Crippen LogP contribution in [0.1, 0.15) is 51.2 Å². The molecule has 1 aromatic carbocycles. The molecule has 2 heteroatoms. The van der Waals surface area contributed by atoms with Gasteiger partial charge in [0.1, 0.15) is 11.5 Å². The molecule has 0 amide bonds. The van der Waals surface area contributed by atoms with Gasteiger partial charge < -0.3 is 4.74 Å². The van der Waals surface area contributed by atoms with Crippen molar-refractivity contribution in [3.8, 4) is 5.75 Å². The quantitative estimate of drug-likeness (QED) is 0.775. The van der Waals surface area contributed by atoms with Crippen molar-refractivity contribution in [3.63, 3.8) is 0 Å². The first-order valence-corrected chi connectivity index (χ1v) is 7.60. The molecule has 108 valence electrons. The molecule has 1 fully saturated rings. The number of aryl methyl sites for hydroxylation is 1. The Morgan fingerprint density at radius 1 is 1.20 bits per heavy atom. The Bertz CT molecular complexity index is 559. The van der Waals surface area contributed by atoms with Crippen LogP contribution in [0, 0.1) is 11.3 Å². The van der Waals surface area contributed by atoms with Crippen LogP contribution in [0.5, 0.6) is 5.75 Å². The van der Waals surface area contributed by atoms with Gasteiger partial charge in [-0.15, -0.1) is 0 Å². The fourth-order valence-electron chi connectivity index (χ4n) is 4.59. The molecule has 0 saturated heterocycles. The van der Waals surface area contributed by atoms with E-state index >= 15 is 0 Å². The number of methoxy groups -OCH3 is 1. The van der Waals surface area contributed by atoms with Gasteiger partial charge in [-0.1, -0.05) is 26.8 Å². The molecule has 0 bridgehead atoms. The van der Waals surface area contributed by atoms with Gasteiger partial charge in [-0.2, -0.15) is 0 Å². The summed E-state index contributed by atoms with van der Waals surface area (Å²) in [5.74, 6) is 1.81. The summed E-state index contributed by atoms with van der Waals surface area (Å²) < 4.78 is 5.41. The first-order chi connectivity index (χ1) is 9.39. The highest BCUT2D eigenvalue weighted by atomic mass is 16.5. The Balaban J connectivity index is 2.13. The Hall–Kier alpha value is -1.31. The number of carbonyl (C=O) groups excluding carboxylic acids is 1. The summed E-state index contributed by atoms with van der Waals surface area (Å²) in [6.07, 6.45) is 3.88. The molecular weight excluding hydrogens is 248 g/mol. The van der Waals surface area contributed by atoms with Gasteiger partial charge in [0, 0.05) is 11.8 Å². The largest absolute Gasteiger partial charge is 0.497 e. The minimum Gasteiger partial charge on any atom is -0.497 e. The van der Waals surface area contributed by atoms with Gasteiger partial charge in [0.05, 0.1) is 7.11 Å². The van der Waals surface area contributed by atoms with Crippen LogP contribution < -0.4 is 4.74 Å². The normalized spacial score (nSPS) is 31.4. The Morgan fingerprint density at radius 2 is 1.95 bits per heavy atom. The molecule has 1 aromatic rings. The summed E-state index contributed by atoms with van der Waals surface area (Å²) in [6.45, 7) is 6.63. The SMILES string of the molecule is COc1ccc2c(c1)[C@]1(C)CCC(=O)C(C)(C)[C@H]1CC2. The van der Waals surface area contributed by atoms with Crippen LogP contribution in [-0.4, -0.2) is 12.9 Å². The van der Waals surface area contributed by atoms with Gasteiger partial charge in [0.2, 0.25) is 0 Å². The monoisotopic (exact) mass is 272 g/mol. The number of ketones is 1. The zero-order chi connectivity index (χ0) is 14.5. The van der Waals surface area contributed by atoms with E-state index in [2.05, 4.69) is 39.0 Å². The number of rotatable bonds is 1. The molecule has 2 aliphatic rings. The molecule has 0 radical (unpaired) electrons. The van der Waals surface area contributed by atoms with Crippen LogP contribution in [0.2, 0.25) is 0 Å². The molecule has 3 rings (SSSR count). The van der Waals surface area contributed by atoms with Gasteiger partial charge >= 0.3 is 0 Å². The molecule has 2 atom stereocenters. The van der Waals surface area contributed by atoms with Crippen molar-refractivity contribution in [3.05, 3.63) is 29.3 Å². The van der Waals surface area contributed by atoms with Gasteiger partial charge in [-0.05, 0) is 53.9 Å². The van der Waals surface area contributed by atoms with Crippen LogP contribution in [0.3, 0.4) is 0 Å². The summed E-state index contributed by atoms with van der Waals surface area (Å²) in [7, 11) is 1.72. The number of fused-ring (bicyclic) bond motifs is 3. The Kier molecular flexibility index (Phi) is 2.97. The molecule has 0 aliphatic heterocycles. The lowest BCUT2D eigenvalue weighted by molar-refractivity contribution is -0.137. The van der Waals surface area contributed by atoms with Gasteiger partial charge in [-0.3, -0.25) is 4.79 Å². The van der Waals surface area contributed by atoms with E-state index in [-0.39, 0.29) is 10.8 Å². The number of hydrogen-bond acceptors (Lipinski definition) is 2. The molecular formula is C18H24O2. The van der Waals surface area contributed by atoms with E-state index in [1.807, 2.05) is 0 Å². The number of benzene rings is 1. The van der Waals surface area contributed by atoms with E-state index in [4.69, 9.17) is 4.74 Å². The summed E-state index contributed by atoms with van der Waals surface area (Å²) in [5, 5.41) is 0. The molecule has 0 N–H and O–H groups in total. The lowest BCUT2D eigenvalue weighted by Crippen LogP contribution is -2.52. The van der Waals surface area contributed by atoms with Gasteiger partial charge in [0.25, 0.3) is 0 Å². The van der Waals surface area contributed by atoms with Crippen molar-refractivity contribution in [2.75, 3.05) is 7.11 Å². The van der Waals surface area contributed by atoms with E-state index in [0.29, 0.717) is 18.1 Å². The third kappa shape index (κ3) is 1.73. The van der Waals surface area contributed by atoms with E-state index in [9.17, 15) is 4.79 Å². The maximum atomic E-state index is 12.3. The summed E-state index contributed by atoms with van der Waals surface area (Å²) in [5.41, 5.74) is 2.76. The minimum atomic E-state index is -0.201. The second-order valence-electron chi connectivity index (χ2n) is 7.18. The second-order valence-corrected chi connectivity index (χ2v) is 7.18. The van der Waals surface area contributed by atoms with Crippen molar-refractivity contribution in [2.24, 2.45) is 11.3 Å². The second kappa shape index (κ2) is 4.34. The predicted molar refractivity (Wildman–Crippen MR) is 80.2 cm³/mol. The highest BCUT2D eigenvalue weighted by molar-refractivity contribution is 5.86. The highest BCUT2D eigenvalue weighted by Gasteiger charge is 2.53. The zero-order valence-corrected chi connectivity index (χ0v) is 13.0. The summed E-state index contributed by atoms with van der Waals surface area (Å²) >= 11 is 0. The van der Waals surface area contributed by atoms with E-state index in [1.54, 1.807) is 7.11 Å². The highest BCUT2D eigenvalue weighted by Crippen LogP contribution is 2.56. The summed E-state index contributed by atoms with van der Waals surface area (Å²) in [4.78, 5) is 12.3. The summed E-state index contributed by atoms with van der Waals surface area (Å²) in [6, 6.07) is 6.47. The van der Waals surface area contributed by atoms with Gasteiger partial charge in [0.15, 0.2) is 0 Å². The molecule has 0 heterocycles. The standard InChI is InChI=1S/C18H24O2/c1-17(2)15-8-6-12-5-7-13(20-4)11-14(12)18(15,3)10-9-16(17)19/h5,7,11,15H,6,8-10H2,1-4H3/t15-,18+/m1/s1. The lowest BCUT2D eigenvalue weighted by Gasteiger charge is -2.53. The maximum Gasteiger partial charge on any atom is 0.138 e. The van der Waals surface area contributed by atoms with E-state index < -0.39 is 0 Å². The van der Waals surface area contributed by atoms with Crippen molar-refractivity contribution in [1.82, 2.24) is 0 Å². The molecule has 0 unspecified atom stereocenters. The molecule has 2 aliphatic carbocycles. The Labute approximate surface area is 121 Å². The zero-order valence-electron chi connectivity index (χ0n) is 13.0. The predicted octanol–water partition coefficient (Wildman–Crippen LogP) is 3.90. The maximum absolute atomic E-state index is 12.3. The fourth-order valence-corrected chi connectivity index (χ4v) is 4.59. The van der Waals surface area contributed by atoms with Gasteiger partial charge in [-0.25, -0.2) is 0 Å². The fraction of sp³-hybridized carbons (Fsp3) is 0.611. The minimum absolute atomic E-state index is 0.111. The number of Topliss-reactive ketones (excluding diaryl/α,β-unsaturated/α-hetero) is 1. The molecule has 20 heavy (non-hydrogen) atoms. The van der Waals surface area contributed by atoms with Crippen molar-refractivity contribution < 1.29 is 9.53 Å². The average Bonchev–Trinajstić information content (AvgIpc) is 2.43. The van der Waals surface area contributed by atoms with Crippen LogP contribution in [0.15, 0.2) is 18.2 Å². The van der Waals surface area contributed by atoms with Crippen molar-refractivity contribution in [1.29, 1.82) is 0 Å². The number of hydrogen-bond donors (Lipinski definition) is 0. The molecule has 0 spiro atoms. The van der Waals surface area contributed by atoms with E-state index in [0.717, 1.165) is 25.0 Å². The topological polar surface area (TPSA) is 26.3 Å². The van der Waals surface area contributed by atoms with Crippen LogP contribution in [-0.2, 0) is 16.6 Å². The van der Waals surface area contributed by atoms with Crippen molar-refractivity contribution >= 4 is 5.78 Å². The molecule has 2 nitrogen and oxygen atoms in total. The van der Waals surface area contributed by atoms with Crippen molar-refractivity contribution in [2.45, 2.75) is 51.9 Å². The number of ether oxygens (including phenoxy) is 1. The van der Waals surface area contributed by atoms with Crippen LogP contribution >= 0.6 is 0 Å². The third-order valence-corrected chi connectivity index (χ3v) is 5.86. The lowest BCUT2D eigenvalue weighted by atomic mass is 9.50. The Morgan fingerprint density at radius 3 is 2.65 bits per heavy atom. The smallest absolute Gasteiger partial charge is 0.138 e. The van der Waals surface area contributed by atoms with Crippen LogP contribution in [0.4, 0.5) is 0 Å². The molecule has 1 saturated carbocycles. The number of carbonyl (C=O) groups is 1. The average molecular weight is 272 g/mol. The first-order valence-electron chi connectivity index (χ1n) is 7.60. The van der Waals surface area contributed by atoms with Crippen LogP contribution in [0.25, 0.3) is 0 Å².